The summed E-state index contributed by atoms with van der Waals surface area (Å²) in [7, 11) is 0. The van der Waals surface area contributed by atoms with Gasteiger partial charge in [0.1, 0.15) is 0 Å². The number of thiophene rings is 1. The van der Waals surface area contributed by atoms with Crippen LogP contribution >= 0.6 is 11.3 Å². The third-order valence-electron chi connectivity index (χ3n) is 2.28. The Morgan fingerprint density at radius 2 is 2.24 bits per heavy atom. The summed E-state index contributed by atoms with van der Waals surface area (Å²) in [5.74, 6) is -0.257. The molecule has 88 valence electrons. The van der Waals surface area contributed by atoms with Crippen LogP contribution in [0.4, 0.5) is 0 Å². The molecule has 0 atom stereocenters. The number of nitrogens with zero attached hydrogens (tertiary/aromatic N) is 1. The van der Waals surface area contributed by atoms with Gasteiger partial charge in [-0.05, 0) is 6.07 Å². The van der Waals surface area contributed by atoms with Crippen molar-refractivity contribution in [3.05, 3.63) is 35.2 Å². The van der Waals surface area contributed by atoms with Crippen molar-refractivity contribution in [1.29, 1.82) is 0 Å². The zero-order valence-corrected chi connectivity index (χ0v) is 9.70. The van der Waals surface area contributed by atoms with Gasteiger partial charge >= 0.3 is 0 Å². The highest BCUT2D eigenvalue weighted by Crippen LogP contribution is 2.25. The molecule has 0 bridgehead atoms. The fourth-order valence-electron chi connectivity index (χ4n) is 1.46. The van der Waals surface area contributed by atoms with Gasteiger partial charge in [-0.25, -0.2) is 0 Å². The molecule has 0 radical (unpaired) electrons. The molecule has 1 heterocycles. The number of hydrogen-bond acceptors (Lipinski definition) is 4. The maximum Gasteiger partial charge on any atom is 0.253 e. The lowest BCUT2D eigenvalue weighted by Gasteiger charge is -2.02. The van der Waals surface area contributed by atoms with Gasteiger partial charge in [0.15, 0.2) is 5.84 Å². The Labute approximate surface area is 102 Å². The number of amidine groups is 1. The maximum atomic E-state index is 11.8. The van der Waals surface area contributed by atoms with Gasteiger partial charge in [-0.1, -0.05) is 23.4 Å². The minimum absolute atomic E-state index is 0.0273. The number of rotatable bonds is 3. The first-order valence-electron chi connectivity index (χ1n) is 4.93. The van der Waals surface area contributed by atoms with E-state index in [-0.39, 0.29) is 18.3 Å². The Hall–Kier alpha value is -2.08. The molecule has 4 N–H and O–H groups in total. The van der Waals surface area contributed by atoms with Crippen molar-refractivity contribution in [2.45, 2.75) is 0 Å². The number of oxime groups is 1. The van der Waals surface area contributed by atoms with E-state index in [9.17, 15) is 4.79 Å². The monoisotopic (exact) mass is 249 g/mol. The molecular weight excluding hydrogens is 238 g/mol. The number of carbonyl (C=O) groups is 1. The quantitative estimate of drug-likeness (QED) is 0.332. The SMILES string of the molecule is NC(CNC(=O)c1csc2ccccc12)=NO. The molecule has 0 aliphatic rings. The van der Waals surface area contributed by atoms with Crippen LogP contribution in [0.1, 0.15) is 10.4 Å². The summed E-state index contributed by atoms with van der Waals surface area (Å²) in [6.45, 7) is 0.0273. The molecule has 2 aromatic rings. The van der Waals surface area contributed by atoms with Crippen LogP contribution in [-0.2, 0) is 0 Å². The number of carbonyl (C=O) groups excluding carboxylic acids is 1. The van der Waals surface area contributed by atoms with Crippen LogP contribution in [0.15, 0.2) is 34.8 Å². The highest BCUT2D eigenvalue weighted by Gasteiger charge is 2.11. The van der Waals surface area contributed by atoms with Crippen molar-refractivity contribution >= 4 is 33.2 Å². The van der Waals surface area contributed by atoms with Crippen LogP contribution < -0.4 is 11.1 Å². The van der Waals surface area contributed by atoms with E-state index in [0.717, 1.165) is 10.1 Å². The number of amides is 1. The first-order valence-corrected chi connectivity index (χ1v) is 5.81. The number of benzene rings is 1. The average Bonchev–Trinajstić information content (AvgIpc) is 2.79. The van der Waals surface area contributed by atoms with Gasteiger partial charge in [-0.15, -0.1) is 11.3 Å². The van der Waals surface area contributed by atoms with Crippen molar-refractivity contribution in [3.8, 4) is 0 Å². The maximum absolute atomic E-state index is 11.8. The Morgan fingerprint density at radius 1 is 1.47 bits per heavy atom. The fraction of sp³-hybridized carbons (Fsp3) is 0.0909. The van der Waals surface area contributed by atoms with Crippen molar-refractivity contribution in [1.82, 2.24) is 5.32 Å². The van der Waals surface area contributed by atoms with Crippen LogP contribution in [-0.4, -0.2) is 23.5 Å². The van der Waals surface area contributed by atoms with Crippen molar-refractivity contribution in [2.24, 2.45) is 10.9 Å². The van der Waals surface area contributed by atoms with Gasteiger partial charge in [-0.2, -0.15) is 0 Å². The summed E-state index contributed by atoms with van der Waals surface area (Å²) < 4.78 is 1.06. The standard InChI is InChI=1S/C11H11N3O2S/c12-10(14-16)5-13-11(15)8-6-17-9-4-2-1-3-7(8)9/h1-4,6,16H,5H2,(H2,12,14)(H,13,15). The van der Waals surface area contributed by atoms with Crippen LogP contribution in [0.2, 0.25) is 0 Å². The second kappa shape index (κ2) is 4.84. The predicted molar refractivity (Wildman–Crippen MR) is 67.6 cm³/mol. The second-order valence-electron chi connectivity index (χ2n) is 3.42. The molecule has 0 spiro atoms. The molecule has 0 aliphatic carbocycles. The largest absolute Gasteiger partial charge is 0.409 e. The number of nitrogens with one attached hydrogen (secondary N) is 1. The molecule has 17 heavy (non-hydrogen) atoms. The summed E-state index contributed by atoms with van der Waals surface area (Å²) in [6.07, 6.45) is 0. The summed E-state index contributed by atoms with van der Waals surface area (Å²) in [4.78, 5) is 11.8. The van der Waals surface area contributed by atoms with Crippen molar-refractivity contribution < 1.29 is 10.0 Å². The van der Waals surface area contributed by atoms with Crippen LogP contribution in [0.5, 0.6) is 0 Å². The molecule has 2 rings (SSSR count). The lowest BCUT2D eigenvalue weighted by Crippen LogP contribution is -2.33. The highest BCUT2D eigenvalue weighted by atomic mass is 32.1. The zero-order valence-electron chi connectivity index (χ0n) is 8.88. The van der Waals surface area contributed by atoms with E-state index in [0.29, 0.717) is 5.56 Å². The van der Waals surface area contributed by atoms with Crippen molar-refractivity contribution in [2.75, 3.05) is 6.54 Å². The van der Waals surface area contributed by atoms with Gasteiger partial charge < -0.3 is 16.3 Å². The third kappa shape index (κ3) is 2.36. The van der Waals surface area contributed by atoms with E-state index < -0.39 is 0 Å². The van der Waals surface area contributed by atoms with Gasteiger partial charge in [0.05, 0.1) is 12.1 Å². The predicted octanol–water partition coefficient (Wildman–Crippen LogP) is 1.38. The summed E-state index contributed by atoms with van der Waals surface area (Å²) >= 11 is 1.51. The number of fused-ring (bicyclic) bond motifs is 1. The molecule has 6 heteroatoms. The van der Waals surface area contributed by atoms with Crippen molar-refractivity contribution in [3.63, 3.8) is 0 Å². The second-order valence-corrected chi connectivity index (χ2v) is 4.33. The Morgan fingerprint density at radius 3 is 3.00 bits per heavy atom. The Balaban J connectivity index is 2.19. The van der Waals surface area contributed by atoms with Gasteiger partial charge in [-0.3, -0.25) is 4.79 Å². The van der Waals surface area contributed by atoms with E-state index in [1.54, 1.807) is 5.38 Å². The topological polar surface area (TPSA) is 87.7 Å². The molecule has 0 saturated carbocycles. The van der Waals surface area contributed by atoms with E-state index in [1.807, 2.05) is 24.3 Å². The van der Waals surface area contributed by atoms with Crippen LogP contribution in [0, 0.1) is 0 Å². The normalized spacial score (nSPS) is 11.6. The lowest BCUT2D eigenvalue weighted by atomic mass is 10.1. The minimum atomic E-state index is -0.228. The number of hydrogen-bond donors (Lipinski definition) is 3. The molecule has 5 nitrogen and oxygen atoms in total. The van der Waals surface area contributed by atoms with E-state index in [4.69, 9.17) is 10.9 Å². The Kier molecular flexibility index (Phi) is 3.24. The number of nitrogens with two attached hydrogens (primary N) is 1. The van der Waals surface area contributed by atoms with Gasteiger partial charge in [0, 0.05) is 15.5 Å². The first kappa shape index (κ1) is 11.4. The summed E-state index contributed by atoms with van der Waals surface area (Å²) in [5.41, 5.74) is 5.88. The van der Waals surface area contributed by atoms with Gasteiger partial charge in [0.25, 0.3) is 5.91 Å². The molecule has 0 saturated heterocycles. The third-order valence-corrected chi connectivity index (χ3v) is 3.25. The minimum Gasteiger partial charge on any atom is -0.409 e. The van der Waals surface area contributed by atoms with E-state index in [1.165, 1.54) is 11.3 Å². The average molecular weight is 249 g/mol. The van der Waals surface area contributed by atoms with Crippen LogP contribution in [0.3, 0.4) is 0 Å². The van der Waals surface area contributed by atoms with E-state index in [2.05, 4.69) is 10.5 Å². The summed E-state index contributed by atoms with van der Waals surface area (Å²) in [5, 5.41) is 16.4. The molecule has 0 fully saturated rings. The highest BCUT2D eigenvalue weighted by molar-refractivity contribution is 7.17. The van der Waals surface area contributed by atoms with E-state index >= 15 is 0 Å². The Bertz CT molecular complexity index is 577. The molecule has 1 aromatic heterocycles. The van der Waals surface area contributed by atoms with Gasteiger partial charge in [0.2, 0.25) is 0 Å². The molecule has 1 amide bonds. The molecule has 0 aliphatic heterocycles. The molecule has 1 aromatic carbocycles. The molecular formula is C11H11N3O2S. The zero-order chi connectivity index (χ0) is 12.3. The lowest BCUT2D eigenvalue weighted by molar-refractivity contribution is 0.0961. The smallest absolute Gasteiger partial charge is 0.253 e. The first-order chi connectivity index (χ1) is 8.22. The van der Waals surface area contributed by atoms with Crippen LogP contribution in [0.25, 0.3) is 10.1 Å². The summed E-state index contributed by atoms with van der Waals surface area (Å²) in [6, 6.07) is 7.66. The molecule has 0 unspecified atom stereocenters. The fourth-order valence-corrected chi connectivity index (χ4v) is 2.40.